The largest absolute Gasteiger partial charge is 0.620 e. The van der Waals surface area contributed by atoms with Crippen LogP contribution >= 0.6 is 0 Å². The summed E-state index contributed by atoms with van der Waals surface area (Å²) >= 11 is 0. The van der Waals surface area contributed by atoms with Crippen LogP contribution in [0.3, 0.4) is 0 Å². The van der Waals surface area contributed by atoms with Gasteiger partial charge in [-0.25, -0.2) is 0 Å². The lowest BCUT2D eigenvalue weighted by atomic mass is 11.5. The molecule has 0 aromatic heterocycles. The van der Waals surface area contributed by atoms with Gasteiger partial charge in [0.15, 0.2) is 0 Å². The van der Waals surface area contributed by atoms with Crippen molar-refractivity contribution in [3.05, 3.63) is 5.21 Å². The van der Waals surface area contributed by atoms with Crippen LogP contribution in [0.15, 0.2) is 0 Å². The molecule has 0 radical (unpaired) electrons. The third-order valence-electron chi connectivity index (χ3n) is 0.0527. The molecule has 0 saturated heterocycles. The molecule has 0 fully saturated rings. The summed E-state index contributed by atoms with van der Waals surface area (Å²) in [5.74, 6) is 0. The van der Waals surface area contributed by atoms with Gasteiger partial charge in [0.1, 0.15) is 0 Å². The molecule has 22 valence electrons. The maximum absolute atomic E-state index is 8.81. The topological polar surface area (TPSA) is 63.5 Å². The first-order valence-electron chi connectivity index (χ1n) is 0.748. The van der Waals surface area contributed by atoms with Crippen LogP contribution in [0, 0.1) is 16.7 Å². The summed E-state index contributed by atoms with van der Waals surface area (Å²) in [5, 5.41) is 16.1. The van der Waals surface area contributed by atoms with Crippen molar-refractivity contribution in [2.45, 2.75) is 0 Å². The van der Waals surface area contributed by atoms with Gasteiger partial charge in [0.2, 0.25) is 0 Å². The first-order chi connectivity index (χ1) is 1.91. The molecule has 0 aromatic carbocycles. The molecule has 0 bridgehead atoms. The van der Waals surface area contributed by atoms with Crippen molar-refractivity contribution in [1.82, 2.24) is 0 Å². The van der Waals surface area contributed by atoms with Gasteiger partial charge in [-0.15, -0.1) is 5.26 Å². The average molecular weight is 58.0 g/mol. The number of nitriles is 1. The average Bonchev–Trinajstić information content (AvgIpc) is 1.37. The number of quaternary nitrogens is 1. The van der Waals surface area contributed by atoms with Crippen molar-refractivity contribution in [2.24, 2.45) is 0 Å². The van der Waals surface area contributed by atoms with E-state index >= 15 is 0 Å². The van der Waals surface area contributed by atoms with Crippen LogP contribution < -0.4 is 5.48 Å². The Morgan fingerprint density at radius 3 is 2.25 bits per heavy atom. The predicted octanol–water partition coefficient (Wildman–Crippen LogP) is -1.47. The van der Waals surface area contributed by atoms with Gasteiger partial charge >= 0.3 is 6.19 Å². The molecule has 0 rings (SSSR count). The highest BCUT2D eigenvalue weighted by Crippen LogP contribution is 0.933. The molecule has 2 N–H and O–H groups in total. The Kier molecular flexibility index (Phi) is 2.05. The molecule has 0 heterocycles. The standard InChI is InChI=1S/CH2N2O/c2-1-3-4/h3H2. The number of nitrogens with zero attached hydrogens (tertiary/aromatic N) is 1. The summed E-state index contributed by atoms with van der Waals surface area (Å²) in [7, 11) is 0. The lowest BCUT2D eigenvalue weighted by molar-refractivity contribution is -0.495. The molecule has 0 aromatic rings. The smallest absolute Gasteiger partial charge is 0.305 e. The fourth-order valence-corrected chi connectivity index (χ4v) is 0. The zero-order valence-electron chi connectivity index (χ0n) is 1.93. The Morgan fingerprint density at radius 1 is 2.00 bits per heavy atom. The molecule has 0 saturated carbocycles. The van der Waals surface area contributed by atoms with Gasteiger partial charge < -0.3 is 5.21 Å². The normalized spacial score (nSPS) is 5.00. The second kappa shape index (κ2) is 2.41. The van der Waals surface area contributed by atoms with E-state index in [0.29, 0.717) is 0 Å². The van der Waals surface area contributed by atoms with E-state index in [2.05, 4.69) is 0 Å². The Morgan fingerprint density at radius 2 is 2.25 bits per heavy atom. The van der Waals surface area contributed by atoms with E-state index in [1.807, 2.05) is 0 Å². The summed E-state index contributed by atoms with van der Waals surface area (Å²) in [6.45, 7) is 0. The monoisotopic (exact) mass is 58.0 g/mol. The quantitative estimate of drug-likeness (QED) is 0.273. The van der Waals surface area contributed by atoms with Gasteiger partial charge in [-0.05, 0) is 0 Å². The molecule has 0 atom stereocenters. The fraction of sp³-hybridized carbons (Fsp3) is 0. The summed E-state index contributed by atoms with van der Waals surface area (Å²) in [6.07, 6.45) is 1.25. The molecule has 0 aliphatic heterocycles. The van der Waals surface area contributed by atoms with E-state index in [1.165, 1.54) is 6.19 Å². The minimum atomic E-state index is 0.181. The number of hydroxylamine groups is 1. The third kappa shape index (κ3) is 1.41. The van der Waals surface area contributed by atoms with Crippen molar-refractivity contribution in [2.75, 3.05) is 0 Å². The van der Waals surface area contributed by atoms with E-state index in [1.54, 1.807) is 0 Å². The van der Waals surface area contributed by atoms with Crippen molar-refractivity contribution >= 4 is 0 Å². The van der Waals surface area contributed by atoms with Gasteiger partial charge in [-0.2, -0.15) is 0 Å². The highest BCUT2D eigenvalue weighted by molar-refractivity contribution is 4.32. The molecule has 0 amide bonds. The van der Waals surface area contributed by atoms with Crippen LogP contribution in [-0.2, 0) is 0 Å². The molecule has 3 nitrogen and oxygen atoms in total. The van der Waals surface area contributed by atoms with Crippen molar-refractivity contribution in [1.29, 1.82) is 5.26 Å². The van der Waals surface area contributed by atoms with Gasteiger partial charge in [-0.3, -0.25) is 5.48 Å². The zero-order chi connectivity index (χ0) is 3.41. The Hall–Kier alpha value is -0.590. The SMILES string of the molecule is N#C[NH2+][O-]. The Balaban J connectivity index is 2.43. The van der Waals surface area contributed by atoms with Gasteiger partial charge in [0, 0.05) is 0 Å². The Labute approximate surface area is 23.4 Å². The van der Waals surface area contributed by atoms with Crippen molar-refractivity contribution in [3.8, 4) is 6.19 Å². The van der Waals surface area contributed by atoms with E-state index in [9.17, 15) is 0 Å². The zero-order valence-corrected chi connectivity index (χ0v) is 1.93. The maximum Gasteiger partial charge on any atom is 0.305 e. The number of hydrogen-bond acceptors (Lipinski definition) is 2. The summed E-state index contributed by atoms with van der Waals surface area (Å²) in [5.41, 5.74) is 0.181. The predicted molar refractivity (Wildman–Crippen MR) is 10.9 cm³/mol. The Bertz CT molecular complexity index is 35.8. The third-order valence-corrected chi connectivity index (χ3v) is 0.0527. The van der Waals surface area contributed by atoms with Crippen LogP contribution in [0.5, 0.6) is 0 Å². The molecule has 0 aliphatic carbocycles. The molecule has 0 spiro atoms. The maximum atomic E-state index is 8.81. The first kappa shape index (κ1) is 3.41. The molecule has 3 heteroatoms. The van der Waals surface area contributed by atoms with Gasteiger partial charge in [0.25, 0.3) is 0 Å². The fourth-order valence-electron chi connectivity index (χ4n) is 0. The van der Waals surface area contributed by atoms with Gasteiger partial charge in [-0.1, -0.05) is 0 Å². The number of nitrogens with two attached hydrogens (primary N) is 1. The van der Waals surface area contributed by atoms with Crippen LogP contribution in [0.1, 0.15) is 0 Å². The molecular weight excluding hydrogens is 56.0 g/mol. The molecular formula is CH2N2O. The molecule has 0 unspecified atom stereocenters. The molecule has 0 aliphatic rings. The highest BCUT2D eigenvalue weighted by Gasteiger charge is 1.38. The van der Waals surface area contributed by atoms with Crippen LogP contribution in [-0.4, -0.2) is 0 Å². The van der Waals surface area contributed by atoms with E-state index in [4.69, 9.17) is 10.5 Å². The summed E-state index contributed by atoms with van der Waals surface area (Å²) in [6, 6.07) is 0. The van der Waals surface area contributed by atoms with Crippen molar-refractivity contribution in [3.63, 3.8) is 0 Å². The second-order valence-electron chi connectivity index (χ2n) is 0.247. The number of rotatable bonds is 0. The molecule has 4 heavy (non-hydrogen) atoms. The number of hydrogen-bond donors (Lipinski definition) is 1. The highest BCUT2D eigenvalue weighted by atomic mass is 16.5. The van der Waals surface area contributed by atoms with Crippen LogP contribution in [0.2, 0.25) is 0 Å². The minimum absolute atomic E-state index is 0.181. The van der Waals surface area contributed by atoms with Crippen molar-refractivity contribution < 1.29 is 5.48 Å². The van der Waals surface area contributed by atoms with Crippen LogP contribution in [0.25, 0.3) is 0 Å². The summed E-state index contributed by atoms with van der Waals surface area (Å²) < 4.78 is 0. The first-order valence-corrected chi connectivity index (χ1v) is 0.748. The van der Waals surface area contributed by atoms with Gasteiger partial charge in [0.05, 0.1) is 0 Å². The van der Waals surface area contributed by atoms with Crippen LogP contribution in [0.4, 0.5) is 0 Å². The lowest BCUT2D eigenvalue weighted by Gasteiger charge is -1.73. The second-order valence-corrected chi connectivity index (χ2v) is 0.247. The van der Waals surface area contributed by atoms with E-state index in [0.717, 1.165) is 0 Å². The lowest BCUT2D eigenvalue weighted by Crippen LogP contribution is -2.70. The van der Waals surface area contributed by atoms with E-state index in [-0.39, 0.29) is 5.48 Å². The minimum Gasteiger partial charge on any atom is -0.620 e. The van der Waals surface area contributed by atoms with E-state index < -0.39 is 0 Å². The summed E-state index contributed by atoms with van der Waals surface area (Å²) in [4.78, 5) is 0.